The summed E-state index contributed by atoms with van der Waals surface area (Å²) in [7, 11) is 0. The van der Waals surface area contributed by atoms with Gasteiger partial charge in [-0.25, -0.2) is 0 Å². The second-order valence-corrected chi connectivity index (χ2v) is 4.38. The van der Waals surface area contributed by atoms with E-state index in [0.29, 0.717) is 4.73 Å². The summed E-state index contributed by atoms with van der Waals surface area (Å²) in [5, 5.41) is 14.4. The smallest absolute Gasteiger partial charge is 0.390 e. The first-order chi connectivity index (χ1) is 7.18. The maximum Gasteiger partial charge on any atom is 0.492 e. The molecule has 0 atom stereocenters. The average molecular weight is 275 g/mol. The van der Waals surface area contributed by atoms with E-state index in [1.165, 1.54) is 6.42 Å². The fourth-order valence-corrected chi connectivity index (χ4v) is 2.46. The molecule has 6 nitrogen and oxygen atoms in total. The first kappa shape index (κ1) is 10.5. The van der Waals surface area contributed by atoms with Crippen LogP contribution in [-0.2, 0) is 0 Å². The SMILES string of the molecule is O=[N+]([O-])c1nc(Br)n(C2CCCCC2)n1. The predicted molar refractivity (Wildman–Crippen MR) is 56.5 cm³/mol. The number of hydrogen-bond acceptors (Lipinski definition) is 4. The molecule has 2 rings (SSSR count). The van der Waals surface area contributed by atoms with Crippen molar-refractivity contribution in [2.45, 2.75) is 38.1 Å². The van der Waals surface area contributed by atoms with Crippen LogP contribution in [0.1, 0.15) is 38.1 Å². The molecule has 0 N–H and O–H groups in total. The van der Waals surface area contributed by atoms with Crippen molar-refractivity contribution in [1.82, 2.24) is 14.8 Å². The van der Waals surface area contributed by atoms with Gasteiger partial charge in [0.05, 0.1) is 6.04 Å². The Morgan fingerprint density at radius 2 is 2.07 bits per heavy atom. The summed E-state index contributed by atoms with van der Waals surface area (Å²) in [5.41, 5.74) is 0. The molecule has 1 heterocycles. The van der Waals surface area contributed by atoms with Crippen molar-refractivity contribution >= 4 is 21.9 Å². The summed E-state index contributed by atoms with van der Waals surface area (Å²) in [6.45, 7) is 0. The van der Waals surface area contributed by atoms with Crippen molar-refractivity contribution < 1.29 is 4.92 Å². The van der Waals surface area contributed by atoms with Crippen molar-refractivity contribution in [3.8, 4) is 0 Å². The van der Waals surface area contributed by atoms with E-state index in [-0.39, 0.29) is 12.0 Å². The fraction of sp³-hybridized carbons (Fsp3) is 0.750. The van der Waals surface area contributed by atoms with E-state index in [0.717, 1.165) is 25.7 Å². The minimum Gasteiger partial charge on any atom is -0.390 e. The minimum atomic E-state index is -0.565. The van der Waals surface area contributed by atoms with Crippen molar-refractivity contribution in [2.24, 2.45) is 0 Å². The van der Waals surface area contributed by atoms with Crippen molar-refractivity contribution in [3.63, 3.8) is 0 Å². The number of hydrogen-bond donors (Lipinski definition) is 0. The Hall–Kier alpha value is -0.980. The molecule has 1 aliphatic rings. The summed E-state index contributed by atoms with van der Waals surface area (Å²) in [6, 6.07) is 0.259. The second kappa shape index (κ2) is 4.26. The van der Waals surface area contributed by atoms with Crippen LogP contribution in [0.4, 0.5) is 5.95 Å². The van der Waals surface area contributed by atoms with Crippen molar-refractivity contribution in [1.29, 1.82) is 0 Å². The molecule has 0 radical (unpaired) electrons. The van der Waals surface area contributed by atoms with Gasteiger partial charge in [0.25, 0.3) is 4.73 Å². The third kappa shape index (κ3) is 2.17. The lowest BCUT2D eigenvalue weighted by atomic mass is 9.96. The molecule has 0 spiro atoms. The molecule has 1 fully saturated rings. The minimum absolute atomic E-state index is 0.259. The van der Waals surface area contributed by atoms with Gasteiger partial charge in [0.2, 0.25) is 0 Å². The van der Waals surface area contributed by atoms with Crippen LogP contribution in [0.15, 0.2) is 4.73 Å². The summed E-state index contributed by atoms with van der Waals surface area (Å²) in [4.78, 5) is 13.7. The van der Waals surface area contributed by atoms with Crippen LogP contribution in [0.25, 0.3) is 0 Å². The van der Waals surface area contributed by atoms with E-state index >= 15 is 0 Å². The van der Waals surface area contributed by atoms with Crippen LogP contribution >= 0.6 is 15.9 Å². The van der Waals surface area contributed by atoms with Crippen LogP contribution in [-0.4, -0.2) is 19.7 Å². The normalized spacial score (nSPS) is 17.9. The van der Waals surface area contributed by atoms with E-state index < -0.39 is 4.92 Å². The Morgan fingerprint density at radius 1 is 1.40 bits per heavy atom. The molecule has 0 bridgehead atoms. The molecule has 1 aliphatic carbocycles. The summed E-state index contributed by atoms with van der Waals surface area (Å²) in [6.07, 6.45) is 5.61. The molecular weight excluding hydrogens is 264 g/mol. The Kier molecular flexibility index (Phi) is 2.99. The number of nitro groups is 1. The van der Waals surface area contributed by atoms with Crippen LogP contribution in [0.2, 0.25) is 0 Å². The zero-order chi connectivity index (χ0) is 10.8. The van der Waals surface area contributed by atoms with Gasteiger partial charge in [-0.05, 0) is 22.7 Å². The molecule has 15 heavy (non-hydrogen) atoms. The number of aromatic nitrogens is 3. The van der Waals surface area contributed by atoms with Gasteiger partial charge in [0.15, 0.2) is 0 Å². The van der Waals surface area contributed by atoms with Gasteiger partial charge in [0, 0.05) is 21.0 Å². The van der Waals surface area contributed by atoms with E-state index in [1.807, 2.05) is 0 Å². The maximum absolute atomic E-state index is 10.5. The quantitative estimate of drug-likeness (QED) is 0.613. The maximum atomic E-state index is 10.5. The largest absolute Gasteiger partial charge is 0.492 e. The summed E-state index contributed by atoms with van der Waals surface area (Å²) in [5.74, 6) is -0.326. The lowest BCUT2D eigenvalue weighted by Crippen LogP contribution is -2.14. The zero-order valence-electron chi connectivity index (χ0n) is 8.10. The molecule has 0 aromatic carbocycles. The predicted octanol–water partition coefficient (Wildman–Crippen LogP) is 2.45. The summed E-state index contributed by atoms with van der Waals surface area (Å²) < 4.78 is 2.10. The highest BCUT2D eigenvalue weighted by atomic mass is 79.9. The highest BCUT2D eigenvalue weighted by Crippen LogP contribution is 2.30. The lowest BCUT2D eigenvalue weighted by Gasteiger charge is -2.19. The Labute approximate surface area is 95.0 Å². The molecule has 0 saturated heterocycles. The molecule has 7 heteroatoms. The monoisotopic (exact) mass is 274 g/mol. The molecule has 82 valence electrons. The van der Waals surface area contributed by atoms with Crippen LogP contribution in [0, 0.1) is 10.1 Å². The molecule has 1 saturated carbocycles. The Bertz CT molecular complexity index is 373. The topological polar surface area (TPSA) is 73.8 Å². The molecule has 0 unspecified atom stereocenters. The molecule has 1 aromatic rings. The van der Waals surface area contributed by atoms with Gasteiger partial charge in [0.1, 0.15) is 0 Å². The van der Waals surface area contributed by atoms with E-state index in [1.54, 1.807) is 4.68 Å². The van der Waals surface area contributed by atoms with Gasteiger partial charge < -0.3 is 10.1 Å². The average Bonchev–Trinajstić information content (AvgIpc) is 2.62. The first-order valence-corrected chi connectivity index (χ1v) is 5.74. The van der Waals surface area contributed by atoms with E-state index in [2.05, 4.69) is 26.0 Å². The standard InChI is InChI=1S/C8H11BrN4O2/c9-7-10-8(13(14)15)11-12(7)6-4-2-1-3-5-6/h6H,1-5H2. The third-order valence-electron chi connectivity index (χ3n) is 2.66. The first-order valence-electron chi connectivity index (χ1n) is 4.95. The van der Waals surface area contributed by atoms with Crippen LogP contribution in [0.5, 0.6) is 0 Å². The fourth-order valence-electron chi connectivity index (χ4n) is 1.93. The van der Waals surface area contributed by atoms with Gasteiger partial charge >= 0.3 is 5.95 Å². The Balaban J connectivity index is 2.22. The van der Waals surface area contributed by atoms with Crippen LogP contribution in [0.3, 0.4) is 0 Å². The highest BCUT2D eigenvalue weighted by molar-refractivity contribution is 9.10. The third-order valence-corrected chi connectivity index (χ3v) is 3.20. The van der Waals surface area contributed by atoms with E-state index in [4.69, 9.17) is 0 Å². The number of nitrogens with zero attached hydrogens (tertiary/aromatic N) is 4. The van der Waals surface area contributed by atoms with Gasteiger partial charge in [-0.2, -0.15) is 4.68 Å². The van der Waals surface area contributed by atoms with Gasteiger partial charge in [-0.15, -0.1) is 0 Å². The zero-order valence-corrected chi connectivity index (χ0v) is 9.68. The van der Waals surface area contributed by atoms with Crippen molar-refractivity contribution in [2.75, 3.05) is 0 Å². The van der Waals surface area contributed by atoms with E-state index in [9.17, 15) is 10.1 Å². The van der Waals surface area contributed by atoms with Crippen molar-refractivity contribution in [3.05, 3.63) is 14.8 Å². The molecule has 0 amide bonds. The number of rotatable bonds is 2. The van der Waals surface area contributed by atoms with Crippen LogP contribution < -0.4 is 0 Å². The molecular formula is C8H11BrN4O2. The summed E-state index contributed by atoms with van der Waals surface area (Å²) >= 11 is 3.21. The lowest BCUT2D eigenvalue weighted by molar-refractivity contribution is -0.394. The van der Waals surface area contributed by atoms with Gasteiger partial charge in [-0.1, -0.05) is 19.3 Å². The Morgan fingerprint density at radius 3 is 2.60 bits per heavy atom. The van der Waals surface area contributed by atoms with Gasteiger partial charge in [-0.3, -0.25) is 0 Å². The highest BCUT2D eigenvalue weighted by Gasteiger charge is 2.26. The molecule has 0 aliphatic heterocycles. The second-order valence-electron chi connectivity index (χ2n) is 3.67. The number of halogens is 1. The molecule has 1 aromatic heterocycles.